The first-order chi connectivity index (χ1) is 10.2. The number of ether oxygens (including phenoxy) is 1. The number of nitrogens with two attached hydrogens (primary N) is 1. The Labute approximate surface area is 124 Å². The molecule has 0 fully saturated rings. The monoisotopic (exact) mass is 285 g/mol. The van der Waals surface area contributed by atoms with E-state index in [2.05, 4.69) is 17.2 Å². The Morgan fingerprint density at radius 2 is 2.00 bits per heavy atom. The second-order valence-electron chi connectivity index (χ2n) is 4.58. The van der Waals surface area contributed by atoms with Gasteiger partial charge in [0.2, 0.25) is 0 Å². The molecule has 21 heavy (non-hydrogen) atoms. The number of carbonyl (C=O) groups excluding carboxylic acids is 1. The van der Waals surface area contributed by atoms with Crippen molar-refractivity contribution >= 4 is 11.6 Å². The molecular formula is C16H19N3O2. The van der Waals surface area contributed by atoms with E-state index >= 15 is 0 Å². The lowest BCUT2D eigenvalue weighted by molar-refractivity contribution is 0.102. The van der Waals surface area contributed by atoms with Gasteiger partial charge in [-0.25, -0.2) is 0 Å². The van der Waals surface area contributed by atoms with Gasteiger partial charge in [0.15, 0.2) is 0 Å². The molecule has 0 aliphatic carbocycles. The van der Waals surface area contributed by atoms with Gasteiger partial charge >= 0.3 is 0 Å². The smallest absolute Gasteiger partial charge is 0.274 e. The van der Waals surface area contributed by atoms with E-state index in [0.29, 0.717) is 24.5 Å². The maximum Gasteiger partial charge on any atom is 0.274 e. The number of rotatable bonds is 6. The fraction of sp³-hybridized carbons (Fsp3) is 0.250. The zero-order valence-electron chi connectivity index (χ0n) is 12.0. The molecular weight excluding hydrogens is 266 g/mol. The summed E-state index contributed by atoms with van der Waals surface area (Å²) in [5.41, 5.74) is 7.45. The predicted molar refractivity (Wildman–Crippen MR) is 82.3 cm³/mol. The number of carbonyl (C=O) groups is 1. The van der Waals surface area contributed by atoms with Crippen molar-refractivity contribution in [3.05, 3.63) is 53.9 Å². The molecule has 5 heteroatoms. The van der Waals surface area contributed by atoms with E-state index in [9.17, 15) is 4.79 Å². The van der Waals surface area contributed by atoms with Gasteiger partial charge in [-0.05, 0) is 42.3 Å². The summed E-state index contributed by atoms with van der Waals surface area (Å²) < 4.78 is 5.49. The molecule has 0 radical (unpaired) electrons. The summed E-state index contributed by atoms with van der Waals surface area (Å²) in [7, 11) is 0. The van der Waals surface area contributed by atoms with E-state index in [0.717, 1.165) is 17.7 Å². The van der Waals surface area contributed by atoms with Crippen molar-refractivity contribution < 1.29 is 9.53 Å². The highest BCUT2D eigenvalue weighted by Crippen LogP contribution is 2.16. The van der Waals surface area contributed by atoms with Crippen molar-refractivity contribution in [2.45, 2.75) is 19.9 Å². The van der Waals surface area contributed by atoms with Crippen LogP contribution in [0, 0.1) is 0 Å². The summed E-state index contributed by atoms with van der Waals surface area (Å²) in [6.07, 6.45) is 2.57. The van der Waals surface area contributed by atoms with E-state index in [1.54, 1.807) is 30.5 Å². The van der Waals surface area contributed by atoms with Gasteiger partial charge in [-0.3, -0.25) is 9.78 Å². The van der Waals surface area contributed by atoms with Crippen LogP contribution in [0.1, 0.15) is 29.4 Å². The molecule has 0 spiro atoms. The number of nitrogens with one attached hydrogen (secondary N) is 1. The average molecular weight is 285 g/mol. The minimum absolute atomic E-state index is 0.249. The van der Waals surface area contributed by atoms with E-state index in [-0.39, 0.29) is 5.91 Å². The fourth-order valence-electron chi connectivity index (χ4n) is 1.73. The second kappa shape index (κ2) is 7.40. The van der Waals surface area contributed by atoms with Crippen LogP contribution in [0.15, 0.2) is 42.6 Å². The van der Waals surface area contributed by atoms with Crippen LogP contribution in [-0.4, -0.2) is 17.5 Å². The van der Waals surface area contributed by atoms with Gasteiger partial charge in [-0.2, -0.15) is 0 Å². The third-order valence-electron chi connectivity index (χ3n) is 2.88. The number of hydrogen-bond donors (Lipinski definition) is 2. The predicted octanol–water partition coefficient (Wildman–Crippen LogP) is 2.58. The molecule has 1 amide bonds. The maximum atomic E-state index is 12.0. The lowest BCUT2D eigenvalue weighted by Crippen LogP contribution is -2.14. The van der Waals surface area contributed by atoms with Crippen molar-refractivity contribution in [3.8, 4) is 5.75 Å². The van der Waals surface area contributed by atoms with Gasteiger partial charge < -0.3 is 15.8 Å². The SMILES string of the molecule is CCCOc1ccc(NC(=O)c2ccc(CN)cn2)cc1. The molecule has 2 aromatic rings. The van der Waals surface area contributed by atoms with Crippen LogP contribution < -0.4 is 15.8 Å². The fourth-order valence-corrected chi connectivity index (χ4v) is 1.73. The molecule has 2 rings (SSSR count). The molecule has 0 bridgehead atoms. The quantitative estimate of drug-likeness (QED) is 0.855. The molecule has 0 saturated heterocycles. The summed E-state index contributed by atoms with van der Waals surface area (Å²) in [5.74, 6) is 0.543. The molecule has 1 heterocycles. The van der Waals surface area contributed by atoms with Crippen LogP contribution in [-0.2, 0) is 6.54 Å². The van der Waals surface area contributed by atoms with Gasteiger partial charge in [0.1, 0.15) is 11.4 Å². The van der Waals surface area contributed by atoms with Crippen molar-refractivity contribution in [2.75, 3.05) is 11.9 Å². The Bertz CT molecular complexity index is 579. The van der Waals surface area contributed by atoms with Crippen molar-refractivity contribution in [3.63, 3.8) is 0 Å². The Hall–Kier alpha value is -2.40. The standard InChI is InChI=1S/C16H19N3O2/c1-2-9-21-14-6-4-13(5-7-14)19-16(20)15-8-3-12(10-17)11-18-15/h3-8,11H,2,9-10,17H2,1H3,(H,19,20). The van der Waals surface area contributed by atoms with E-state index in [1.165, 1.54) is 0 Å². The molecule has 1 aromatic heterocycles. The second-order valence-corrected chi connectivity index (χ2v) is 4.58. The molecule has 5 nitrogen and oxygen atoms in total. The summed E-state index contributed by atoms with van der Waals surface area (Å²) >= 11 is 0. The molecule has 0 aliphatic heterocycles. The summed E-state index contributed by atoms with van der Waals surface area (Å²) in [6, 6.07) is 10.7. The highest BCUT2D eigenvalue weighted by molar-refractivity contribution is 6.02. The van der Waals surface area contributed by atoms with Gasteiger partial charge in [0.25, 0.3) is 5.91 Å². The Kier molecular flexibility index (Phi) is 5.29. The number of benzene rings is 1. The van der Waals surface area contributed by atoms with Crippen LogP contribution in [0.3, 0.4) is 0 Å². The number of anilines is 1. The highest BCUT2D eigenvalue weighted by atomic mass is 16.5. The molecule has 3 N–H and O–H groups in total. The third-order valence-corrected chi connectivity index (χ3v) is 2.88. The molecule has 0 unspecified atom stereocenters. The average Bonchev–Trinajstić information content (AvgIpc) is 2.54. The third kappa shape index (κ3) is 4.29. The minimum Gasteiger partial charge on any atom is -0.494 e. The molecule has 1 aromatic carbocycles. The van der Waals surface area contributed by atoms with Crippen LogP contribution in [0.5, 0.6) is 5.75 Å². The van der Waals surface area contributed by atoms with Crippen LogP contribution in [0.2, 0.25) is 0 Å². The van der Waals surface area contributed by atoms with Crippen molar-refractivity contribution in [1.29, 1.82) is 0 Å². The molecule has 110 valence electrons. The van der Waals surface area contributed by atoms with Gasteiger partial charge in [0, 0.05) is 18.4 Å². The largest absolute Gasteiger partial charge is 0.494 e. The zero-order valence-corrected chi connectivity index (χ0v) is 12.0. The van der Waals surface area contributed by atoms with Crippen LogP contribution in [0.25, 0.3) is 0 Å². The normalized spacial score (nSPS) is 10.2. The van der Waals surface area contributed by atoms with Gasteiger partial charge in [-0.15, -0.1) is 0 Å². The minimum atomic E-state index is -0.249. The van der Waals surface area contributed by atoms with Crippen LogP contribution in [0.4, 0.5) is 5.69 Å². The molecule has 0 saturated carbocycles. The zero-order chi connectivity index (χ0) is 15.1. The number of aromatic nitrogens is 1. The lowest BCUT2D eigenvalue weighted by atomic mass is 10.2. The van der Waals surface area contributed by atoms with Gasteiger partial charge in [0.05, 0.1) is 6.61 Å². The topological polar surface area (TPSA) is 77.2 Å². The molecule has 0 atom stereocenters. The number of hydrogen-bond acceptors (Lipinski definition) is 4. The first-order valence-corrected chi connectivity index (χ1v) is 6.92. The van der Waals surface area contributed by atoms with Crippen LogP contribution >= 0.6 is 0 Å². The summed E-state index contributed by atoms with van der Waals surface area (Å²) in [5, 5.41) is 2.79. The first-order valence-electron chi connectivity index (χ1n) is 6.92. The van der Waals surface area contributed by atoms with Gasteiger partial charge in [-0.1, -0.05) is 13.0 Å². The Morgan fingerprint density at radius 1 is 1.24 bits per heavy atom. The van der Waals surface area contributed by atoms with E-state index in [4.69, 9.17) is 10.5 Å². The summed E-state index contributed by atoms with van der Waals surface area (Å²) in [4.78, 5) is 16.1. The highest BCUT2D eigenvalue weighted by Gasteiger charge is 2.07. The van der Waals surface area contributed by atoms with Crippen molar-refractivity contribution in [2.24, 2.45) is 5.73 Å². The van der Waals surface area contributed by atoms with Crippen molar-refractivity contribution in [1.82, 2.24) is 4.98 Å². The number of pyridine rings is 1. The Morgan fingerprint density at radius 3 is 2.57 bits per heavy atom. The maximum absolute atomic E-state index is 12.0. The number of nitrogens with zero attached hydrogens (tertiary/aromatic N) is 1. The van der Waals surface area contributed by atoms with E-state index in [1.807, 2.05) is 12.1 Å². The first kappa shape index (κ1) is 15.0. The Balaban J connectivity index is 1.98. The molecule has 0 aliphatic rings. The summed E-state index contributed by atoms with van der Waals surface area (Å²) in [6.45, 7) is 3.15. The number of amides is 1. The van der Waals surface area contributed by atoms with E-state index < -0.39 is 0 Å². The lowest BCUT2D eigenvalue weighted by Gasteiger charge is -2.07.